The van der Waals surface area contributed by atoms with Gasteiger partial charge in [-0.1, -0.05) is 0 Å². The van der Waals surface area contributed by atoms with Crippen LogP contribution in [0.15, 0.2) is 65.6 Å². The molecule has 3 aromatic carbocycles. The Balaban J connectivity index is 1.77. The Morgan fingerprint density at radius 3 is 1.56 bits per heavy atom. The van der Waals surface area contributed by atoms with Crippen molar-refractivity contribution in [3.63, 3.8) is 0 Å². The van der Waals surface area contributed by atoms with Gasteiger partial charge in [0, 0.05) is 14.3 Å². The first-order valence-electron chi connectivity index (χ1n) is 9.46. The minimum atomic E-state index is -4.66. The first kappa shape index (κ1) is 28.1. The monoisotopic (exact) mass is 931 g/mol. The SMILES string of the molecule is O=C(Oc1cc(I)c(S(=O)(=O)[O-])c(I)c1)C(COc1ccc(I)cc1)COc1ccc(I)cc1. The predicted molar refractivity (Wildman–Crippen MR) is 158 cm³/mol. The summed E-state index contributed by atoms with van der Waals surface area (Å²) in [6.45, 7) is 0.00992. The van der Waals surface area contributed by atoms with Crippen LogP contribution in [0.4, 0.5) is 0 Å². The maximum absolute atomic E-state index is 13.0. The highest BCUT2D eigenvalue weighted by molar-refractivity contribution is 14.1. The van der Waals surface area contributed by atoms with Crippen LogP contribution in [0.3, 0.4) is 0 Å². The van der Waals surface area contributed by atoms with Crippen LogP contribution in [-0.4, -0.2) is 32.2 Å². The summed E-state index contributed by atoms with van der Waals surface area (Å²) in [5.74, 6) is -0.0694. The second-order valence-electron chi connectivity index (χ2n) is 6.82. The summed E-state index contributed by atoms with van der Waals surface area (Å²) >= 11 is 7.83. The number of ether oxygens (including phenoxy) is 3. The third-order valence-electron chi connectivity index (χ3n) is 4.30. The molecule has 3 rings (SSSR count). The Kier molecular flexibility index (Phi) is 10.5. The lowest BCUT2D eigenvalue weighted by Crippen LogP contribution is -2.31. The fraction of sp³-hybridized carbons (Fsp3) is 0.136. The van der Waals surface area contributed by atoms with Gasteiger partial charge in [-0.05, 0) is 151 Å². The zero-order valence-corrected chi connectivity index (χ0v) is 26.5. The highest BCUT2D eigenvalue weighted by atomic mass is 127. The van der Waals surface area contributed by atoms with E-state index in [1.54, 1.807) is 69.4 Å². The number of rotatable bonds is 9. The second kappa shape index (κ2) is 12.7. The topological polar surface area (TPSA) is 102 Å². The molecule has 0 saturated heterocycles. The lowest BCUT2D eigenvalue weighted by atomic mass is 10.2. The van der Waals surface area contributed by atoms with E-state index < -0.39 is 22.0 Å². The molecule has 0 aromatic heterocycles. The summed E-state index contributed by atoms with van der Waals surface area (Å²) in [5.41, 5.74) is 0. The van der Waals surface area contributed by atoms with Crippen LogP contribution in [0.25, 0.3) is 0 Å². The second-order valence-corrected chi connectivity index (χ2v) is 13.0. The third-order valence-corrected chi connectivity index (χ3v) is 9.11. The smallest absolute Gasteiger partial charge is 0.321 e. The zero-order chi connectivity index (χ0) is 24.9. The molecule has 34 heavy (non-hydrogen) atoms. The average molecular weight is 931 g/mol. The van der Waals surface area contributed by atoms with Crippen LogP contribution in [-0.2, 0) is 14.9 Å². The number of hydrogen-bond donors (Lipinski definition) is 0. The van der Waals surface area contributed by atoms with Crippen LogP contribution in [0.2, 0.25) is 0 Å². The molecule has 0 amide bonds. The van der Waals surface area contributed by atoms with Crippen molar-refractivity contribution in [1.82, 2.24) is 0 Å². The van der Waals surface area contributed by atoms with E-state index in [1.807, 2.05) is 24.3 Å². The third kappa shape index (κ3) is 8.31. The fourth-order valence-corrected chi connectivity index (χ4v) is 7.32. The number of carbonyl (C=O) groups is 1. The van der Waals surface area contributed by atoms with Gasteiger partial charge in [0.25, 0.3) is 0 Å². The highest BCUT2D eigenvalue weighted by Crippen LogP contribution is 2.29. The first-order valence-corrected chi connectivity index (χ1v) is 15.2. The van der Waals surface area contributed by atoms with Crippen molar-refractivity contribution >= 4 is 106 Å². The molecule has 0 aliphatic rings. The van der Waals surface area contributed by atoms with E-state index in [1.165, 1.54) is 12.1 Å². The summed E-state index contributed by atoms with van der Waals surface area (Å²) in [6.07, 6.45) is 0. The summed E-state index contributed by atoms with van der Waals surface area (Å²) < 4.78 is 54.0. The lowest BCUT2D eigenvalue weighted by Gasteiger charge is -2.19. The molecule has 3 aromatic rings. The molecule has 0 heterocycles. The van der Waals surface area contributed by atoms with Crippen molar-refractivity contribution in [2.45, 2.75) is 4.90 Å². The molecular formula is C22H15I4O7S-. The molecule has 0 saturated carbocycles. The molecule has 0 unspecified atom stereocenters. The Hall–Kier alpha value is -0.440. The molecule has 180 valence electrons. The number of hydrogen-bond acceptors (Lipinski definition) is 7. The molecule has 0 aliphatic carbocycles. The molecule has 0 aliphatic heterocycles. The van der Waals surface area contributed by atoms with Gasteiger partial charge in [0.15, 0.2) is 0 Å². The Bertz CT molecular complexity index is 1190. The van der Waals surface area contributed by atoms with Crippen LogP contribution in [0.1, 0.15) is 0 Å². The number of esters is 1. The number of benzene rings is 3. The molecule has 0 N–H and O–H groups in total. The van der Waals surface area contributed by atoms with Gasteiger partial charge in [0.2, 0.25) is 0 Å². The minimum Gasteiger partial charge on any atom is -0.744 e. The maximum atomic E-state index is 13.0. The van der Waals surface area contributed by atoms with Crippen molar-refractivity contribution in [1.29, 1.82) is 0 Å². The van der Waals surface area contributed by atoms with Gasteiger partial charge in [-0.15, -0.1) is 0 Å². The molecule has 0 spiro atoms. The van der Waals surface area contributed by atoms with Crippen LogP contribution >= 0.6 is 90.4 Å². The molecule has 7 nitrogen and oxygen atoms in total. The first-order chi connectivity index (χ1) is 16.0. The average Bonchev–Trinajstić information content (AvgIpc) is 2.74. The van der Waals surface area contributed by atoms with E-state index in [9.17, 15) is 17.8 Å². The Morgan fingerprint density at radius 1 is 0.765 bits per heavy atom. The van der Waals surface area contributed by atoms with Crippen molar-refractivity contribution in [2.75, 3.05) is 13.2 Å². The summed E-state index contributed by atoms with van der Waals surface area (Å²) in [7, 11) is -4.66. The van der Waals surface area contributed by atoms with Gasteiger partial charge >= 0.3 is 5.97 Å². The van der Waals surface area contributed by atoms with Crippen molar-refractivity contribution < 1.29 is 32.0 Å². The quantitative estimate of drug-likeness (QED) is 0.118. The van der Waals surface area contributed by atoms with Crippen LogP contribution < -0.4 is 14.2 Å². The summed E-state index contributed by atoms with van der Waals surface area (Å²) in [5, 5.41) is 0. The van der Waals surface area contributed by atoms with Crippen molar-refractivity contribution in [3.05, 3.63) is 74.9 Å². The van der Waals surface area contributed by atoms with Gasteiger partial charge < -0.3 is 18.8 Å². The summed E-state index contributed by atoms with van der Waals surface area (Å²) in [4.78, 5) is 12.7. The number of halogens is 4. The van der Waals surface area contributed by atoms with E-state index in [0.29, 0.717) is 11.5 Å². The van der Waals surface area contributed by atoms with Gasteiger partial charge in [-0.25, -0.2) is 8.42 Å². The van der Waals surface area contributed by atoms with Crippen LogP contribution in [0, 0.1) is 20.2 Å². The molecule has 12 heteroatoms. The fourth-order valence-electron chi connectivity index (χ4n) is 2.67. The normalized spacial score (nSPS) is 11.4. The minimum absolute atomic E-state index is 0.00496. The van der Waals surface area contributed by atoms with E-state index in [-0.39, 0.29) is 31.0 Å². The van der Waals surface area contributed by atoms with Crippen LogP contribution in [0.5, 0.6) is 17.2 Å². The van der Waals surface area contributed by atoms with Gasteiger partial charge in [-0.3, -0.25) is 4.79 Å². The van der Waals surface area contributed by atoms with E-state index in [0.717, 1.165) is 7.14 Å². The molecule has 0 radical (unpaired) electrons. The van der Waals surface area contributed by atoms with E-state index in [4.69, 9.17) is 14.2 Å². The standard InChI is InChI=1S/C22H16I4O7S/c23-14-1-5-16(6-2-14)31-11-13(12-32-17-7-3-15(24)4-8-17)22(27)33-18-9-19(25)21(20(26)10-18)34(28,29)30/h1-10,13H,11-12H2,(H,28,29,30)/p-1. The molecule has 0 fully saturated rings. The Morgan fingerprint density at radius 2 is 1.18 bits per heavy atom. The maximum Gasteiger partial charge on any atom is 0.321 e. The molecule has 0 bridgehead atoms. The van der Waals surface area contributed by atoms with Gasteiger partial charge in [0.1, 0.15) is 46.5 Å². The summed E-state index contributed by atoms with van der Waals surface area (Å²) in [6, 6.07) is 17.4. The zero-order valence-electron chi connectivity index (χ0n) is 17.0. The Labute approximate surface area is 251 Å². The highest BCUT2D eigenvalue weighted by Gasteiger charge is 2.24. The number of carbonyl (C=O) groups excluding carboxylic acids is 1. The van der Waals surface area contributed by atoms with E-state index in [2.05, 4.69) is 45.2 Å². The predicted octanol–water partition coefficient (Wildman–Crippen LogP) is 5.69. The molecule has 0 atom stereocenters. The van der Waals surface area contributed by atoms with E-state index >= 15 is 0 Å². The molecular weight excluding hydrogens is 916 g/mol. The largest absolute Gasteiger partial charge is 0.744 e. The lowest BCUT2D eigenvalue weighted by molar-refractivity contribution is -0.141. The van der Waals surface area contributed by atoms with Crippen molar-refractivity contribution in [2.24, 2.45) is 5.92 Å². The van der Waals surface area contributed by atoms with Crippen molar-refractivity contribution in [3.8, 4) is 17.2 Å². The van der Waals surface area contributed by atoms with Gasteiger partial charge in [-0.2, -0.15) is 0 Å². The van der Waals surface area contributed by atoms with Gasteiger partial charge in [0.05, 0.1) is 4.90 Å².